The molecule has 0 unspecified atom stereocenters. The smallest absolute Gasteiger partial charge is 0.307 e. The predicted molar refractivity (Wildman–Crippen MR) is 63.6 cm³/mol. The Hall–Kier alpha value is -1.58. The van der Waals surface area contributed by atoms with Gasteiger partial charge in [-0.2, -0.15) is 5.10 Å². The van der Waals surface area contributed by atoms with E-state index in [4.69, 9.17) is 4.42 Å². The lowest BCUT2D eigenvalue weighted by Crippen LogP contribution is -2.19. The van der Waals surface area contributed by atoms with Crippen LogP contribution in [0.2, 0.25) is 0 Å². The van der Waals surface area contributed by atoms with E-state index in [0.29, 0.717) is 11.7 Å². The molecule has 0 aliphatic heterocycles. The molecular weight excluding hydrogens is 216 g/mol. The third-order valence-electron chi connectivity index (χ3n) is 3.97. The Morgan fingerprint density at radius 3 is 3.06 bits per heavy atom. The van der Waals surface area contributed by atoms with Gasteiger partial charge in [0.25, 0.3) is 0 Å². The van der Waals surface area contributed by atoms with Gasteiger partial charge in [0.05, 0.1) is 6.26 Å². The number of carbonyl (C=O) groups excluding carboxylic acids is 1. The summed E-state index contributed by atoms with van der Waals surface area (Å²) in [5, 5.41) is 4.04. The molecule has 0 aromatic carbocycles. The molecule has 4 heteroatoms. The average molecular weight is 232 g/mol. The Balaban J connectivity index is 1.53. The van der Waals surface area contributed by atoms with Crippen LogP contribution in [-0.4, -0.2) is 12.1 Å². The number of carbonyl (C=O) groups is 1. The van der Waals surface area contributed by atoms with Crippen molar-refractivity contribution in [1.82, 2.24) is 5.43 Å². The highest BCUT2D eigenvalue weighted by molar-refractivity contribution is 5.91. The maximum atomic E-state index is 11.5. The second-order valence-electron chi connectivity index (χ2n) is 5.04. The number of hydrogen-bond acceptors (Lipinski definition) is 3. The Morgan fingerprint density at radius 1 is 1.47 bits per heavy atom. The number of amides is 1. The molecule has 3 rings (SSSR count). The largest absolute Gasteiger partial charge is 0.459 e. The van der Waals surface area contributed by atoms with Gasteiger partial charge < -0.3 is 4.42 Å². The third kappa shape index (κ3) is 2.12. The van der Waals surface area contributed by atoms with E-state index in [1.54, 1.807) is 12.1 Å². The van der Waals surface area contributed by atoms with Gasteiger partial charge in [-0.05, 0) is 49.1 Å². The van der Waals surface area contributed by atoms with Crippen LogP contribution in [0.3, 0.4) is 0 Å². The molecule has 1 aromatic rings. The molecule has 0 saturated heterocycles. The molecule has 17 heavy (non-hydrogen) atoms. The highest BCUT2D eigenvalue weighted by Crippen LogP contribution is 2.47. The average Bonchev–Trinajstić information content (AvgIpc) is 3.06. The first-order chi connectivity index (χ1) is 8.33. The molecule has 1 amide bonds. The summed E-state index contributed by atoms with van der Waals surface area (Å²) in [4.78, 5) is 11.5. The molecule has 2 bridgehead atoms. The van der Waals surface area contributed by atoms with Gasteiger partial charge in [0.15, 0.2) is 5.76 Å². The SMILES string of the molecule is O=C(NN=C[C@H]1C[C@H]2CC[C@H]1C2)c1ccco1. The Kier molecular flexibility index (Phi) is 2.71. The molecule has 0 spiro atoms. The fourth-order valence-corrected chi connectivity index (χ4v) is 3.13. The van der Waals surface area contributed by atoms with E-state index in [9.17, 15) is 4.79 Å². The van der Waals surface area contributed by atoms with Crippen LogP contribution in [-0.2, 0) is 0 Å². The summed E-state index contributed by atoms with van der Waals surface area (Å²) in [7, 11) is 0. The Bertz CT molecular complexity index is 425. The van der Waals surface area contributed by atoms with Crippen LogP contribution in [0.15, 0.2) is 27.9 Å². The monoisotopic (exact) mass is 232 g/mol. The van der Waals surface area contributed by atoms with Crippen LogP contribution in [0.5, 0.6) is 0 Å². The van der Waals surface area contributed by atoms with Gasteiger partial charge >= 0.3 is 5.91 Å². The van der Waals surface area contributed by atoms with E-state index in [2.05, 4.69) is 10.5 Å². The highest BCUT2D eigenvalue weighted by atomic mass is 16.3. The summed E-state index contributed by atoms with van der Waals surface area (Å²) in [6, 6.07) is 3.32. The van der Waals surface area contributed by atoms with E-state index in [-0.39, 0.29) is 5.91 Å². The normalized spacial score (nSPS) is 31.2. The fraction of sp³-hybridized carbons (Fsp3) is 0.538. The summed E-state index contributed by atoms with van der Waals surface area (Å²) in [5.41, 5.74) is 2.51. The topological polar surface area (TPSA) is 54.6 Å². The number of hydrogen-bond donors (Lipinski definition) is 1. The van der Waals surface area contributed by atoms with Crippen molar-refractivity contribution >= 4 is 12.1 Å². The molecule has 1 N–H and O–H groups in total. The third-order valence-corrected chi connectivity index (χ3v) is 3.97. The molecule has 2 aliphatic carbocycles. The summed E-state index contributed by atoms with van der Waals surface area (Å²) in [5.74, 6) is 2.27. The molecule has 4 nitrogen and oxygen atoms in total. The summed E-state index contributed by atoms with van der Waals surface area (Å²) < 4.78 is 4.98. The minimum absolute atomic E-state index is 0.283. The molecule has 2 saturated carbocycles. The zero-order valence-electron chi connectivity index (χ0n) is 9.63. The lowest BCUT2D eigenvalue weighted by molar-refractivity contribution is 0.0927. The Labute approximate surface area is 100 Å². The van der Waals surface area contributed by atoms with Crippen molar-refractivity contribution in [2.45, 2.75) is 25.7 Å². The van der Waals surface area contributed by atoms with Crippen LogP contribution in [0.25, 0.3) is 0 Å². The lowest BCUT2D eigenvalue weighted by atomic mass is 9.90. The van der Waals surface area contributed by atoms with Crippen LogP contribution < -0.4 is 5.43 Å². The van der Waals surface area contributed by atoms with Crippen molar-refractivity contribution in [1.29, 1.82) is 0 Å². The maximum absolute atomic E-state index is 11.5. The quantitative estimate of drug-likeness (QED) is 0.642. The summed E-state index contributed by atoms with van der Waals surface area (Å²) in [6.07, 6.45) is 8.69. The molecule has 90 valence electrons. The number of furan rings is 1. The van der Waals surface area contributed by atoms with Gasteiger partial charge in [-0.3, -0.25) is 4.79 Å². The van der Waals surface area contributed by atoms with E-state index in [1.807, 2.05) is 6.21 Å². The van der Waals surface area contributed by atoms with Gasteiger partial charge in [0, 0.05) is 6.21 Å². The van der Waals surface area contributed by atoms with E-state index < -0.39 is 0 Å². The fourth-order valence-electron chi connectivity index (χ4n) is 3.13. The molecule has 2 aliphatic rings. The molecule has 3 atom stereocenters. The molecule has 2 fully saturated rings. The zero-order valence-corrected chi connectivity index (χ0v) is 9.63. The van der Waals surface area contributed by atoms with Gasteiger partial charge in [0.2, 0.25) is 0 Å². The van der Waals surface area contributed by atoms with Crippen molar-refractivity contribution in [3.05, 3.63) is 24.2 Å². The standard InChI is InChI=1S/C13H16N2O2/c16-13(12-2-1-5-17-12)15-14-8-11-7-9-3-4-10(11)6-9/h1-2,5,8-11H,3-4,6-7H2,(H,15,16)/t9-,10-,11+/m0/s1. The minimum atomic E-state index is -0.283. The van der Waals surface area contributed by atoms with Crippen LogP contribution in [0.1, 0.15) is 36.2 Å². The van der Waals surface area contributed by atoms with Crippen LogP contribution in [0, 0.1) is 17.8 Å². The molecule has 1 aromatic heterocycles. The van der Waals surface area contributed by atoms with Gasteiger partial charge in [-0.25, -0.2) is 5.43 Å². The van der Waals surface area contributed by atoms with E-state index in [1.165, 1.54) is 31.9 Å². The molecule has 0 radical (unpaired) electrons. The first-order valence-electron chi connectivity index (χ1n) is 6.20. The second kappa shape index (κ2) is 4.35. The highest BCUT2D eigenvalue weighted by Gasteiger charge is 2.38. The molecule has 1 heterocycles. The van der Waals surface area contributed by atoms with E-state index in [0.717, 1.165) is 11.8 Å². The number of hydrazone groups is 1. The van der Waals surface area contributed by atoms with Gasteiger partial charge in [-0.15, -0.1) is 0 Å². The predicted octanol–water partition coefficient (Wildman–Crippen LogP) is 2.43. The van der Waals surface area contributed by atoms with Crippen LogP contribution >= 0.6 is 0 Å². The number of rotatable bonds is 3. The van der Waals surface area contributed by atoms with Crippen molar-refractivity contribution in [2.24, 2.45) is 22.9 Å². The first-order valence-corrected chi connectivity index (χ1v) is 6.20. The van der Waals surface area contributed by atoms with Crippen molar-refractivity contribution in [3.8, 4) is 0 Å². The summed E-state index contributed by atoms with van der Waals surface area (Å²) >= 11 is 0. The van der Waals surface area contributed by atoms with Crippen molar-refractivity contribution in [3.63, 3.8) is 0 Å². The van der Waals surface area contributed by atoms with Gasteiger partial charge in [-0.1, -0.05) is 6.42 Å². The number of fused-ring (bicyclic) bond motifs is 2. The van der Waals surface area contributed by atoms with Gasteiger partial charge in [0.1, 0.15) is 0 Å². The second-order valence-corrected chi connectivity index (χ2v) is 5.04. The number of nitrogens with one attached hydrogen (secondary N) is 1. The Morgan fingerprint density at radius 2 is 2.41 bits per heavy atom. The first kappa shape index (κ1) is 10.6. The van der Waals surface area contributed by atoms with E-state index >= 15 is 0 Å². The van der Waals surface area contributed by atoms with Crippen molar-refractivity contribution < 1.29 is 9.21 Å². The lowest BCUT2D eigenvalue weighted by Gasteiger charge is -2.16. The minimum Gasteiger partial charge on any atom is -0.459 e. The number of nitrogens with zero attached hydrogens (tertiary/aromatic N) is 1. The van der Waals surface area contributed by atoms with Crippen molar-refractivity contribution in [2.75, 3.05) is 0 Å². The maximum Gasteiger partial charge on any atom is 0.307 e. The zero-order chi connectivity index (χ0) is 11.7. The van der Waals surface area contributed by atoms with Crippen LogP contribution in [0.4, 0.5) is 0 Å². The molecular formula is C13H16N2O2. The summed E-state index contributed by atoms with van der Waals surface area (Å²) in [6.45, 7) is 0.